The van der Waals surface area contributed by atoms with E-state index in [1.54, 1.807) is 0 Å². The van der Waals surface area contributed by atoms with Gasteiger partial charge in [0, 0.05) is 6.04 Å². The van der Waals surface area contributed by atoms with Gasteiger partial charge in [0.15, 0.2) is 0 Å². The zero-order valence-corrected chi connectivity index (χ0v) is 9.37. The van der Waals surface area contributed by atoms with Crippen LogP contribution >= 0.6 is 0 Å². The fourth-order valence-corrected chi connectivity index (χ4v) is 2.12. The number of benzene rings is 1. The molecule has 0 aliphatic heterocycles. The lowest BCUT2D eigenvalue weighted by Crippen LogP contribution is -2.05. The van der Waals surface area contributed by atoms with Crippen LogP contribution < -0.4 is 5.73 Å². The zero-order chi connectivity index (χ0) is 10.7. The van der Waals surface area contributed by atoms with Crippen LogP contribution in [-0.2, 0) is 0 Å². The molecule has 0 spiro atoms. The molecule has 0 aromatic heterocycles. The third kappa shape index (κ3) is 2.48. The Bertz CT molecular complexity index is 363. The second-order valence-electron chi connectivity index (χ2n) is 4.39. The van der Waals surface area contributed by atoms with Crippen LogP contribution in [0.25, 0.3) is 5.57 Å². The van der Waals surface area contributed by atoms with Crippen LogP contribution in [0.4, 0.5) is 0 Å². The summed E-state index contributed by atoms with van der Waals surface area (Å²) in [5.41, 5.74) is 10.00. The lowest BCUT2D eigenvalue weighted by Gasteiger charge is -2.14. The van der Waals surface area contributed by atoms with Crippen LogP contribution in [0.1, 0.15) is 49.8 Å². The van der Waals surface area contributed by atoms with Gasteiger partial charge < -0.3 is 5.73 Å². The summed E-state index contributed by atoms with van der Waals surface area (Å²) in [4.78, 5) is 0. The Kier molecular flexibility index (Phi) is 3.22. The van der Waals surface area contributed by atoms with E-state index in [1.165, 1.54) is 42.4 Å². The summed E-state index contributed by atoms with van der Waals surface area (Å²) >= 11 is 0. The second-order valence-corrected chi connectivity index (χ2v) is 4.39. The molecule has 2 rings (SSSR count). The van der Waals surface area contributed by atoms with Gasteiger partial charge in [0.2, 0.25) is 0 Å². The molecule has 1 nitrogen and oxygen atoms in total. The summed E-state index contributed by atoms with van der Waals surface area (Å²) in [5, 5.41) is 0. The first-order valence-electron chi connectivity index (χ1n) is 5.82. The minimum absolute atomic E-state index is 0.133. The molecule has 15 heavy (non-hydrogen) atoms. The third-order valence-corrected chi connectivity index (χ3v) is 3.07. The van der Waals surface area contributed by atoms with Gasteiger partial charge in [0.25, 0.3) is 0 Å². The number of allylic oxidation sites excluding steroid dienone is 2. The van der Waals surface area contributed by atoms with Crippen LogP contribution in [-0.4, -0.2) is 0 Å². The standard InChI is InChI=1S/C14H19N/c1-11(15)13-8-5-9-14(10-13)12-6-3-2-4-7-12/h5-6,8-11H,2-4,7,15H2,1H3. The van der Waals surface area contributed by atoms with E-state index in [2.05, 4.69) is 30.3 Å². The Hall–Kier alpha value is -1.08. The molecule has 1 aromatic carbocycles. The Labute approximate surface area is 92.0 Å². The van der Waals surface area contributed by atoms with Gasteiger partial charge in [0.1, 0.15) is 0 Å². The van der Waals surface area contributed by atoms with Gasteiger partial charge in [-0.05, 0) is 55.4 Å². The van der Waals surface area contributed by atoms with E-state index in [-0.39, 0.29) is 6.04 Å². The molecule has 1 aromatic rings. The highest BCUT2D eigenvalue weighted by molar-refractivity contribution is 5.66. The highest BCUT2D eigenvalue weighted by Gasteiger charge is 2.07. The molecule has 80 valence electrons. The summed E-state index contributed by atoms with van der Waals surface area (Å²) in [6.07, 6.45) is 7.51. The van der Waals surface area contributed by atoms with Crippen LogP contribution in [0.2, 0.25) is 0 Å². The van der Waals surface area contributed by atoms with Crippen molar-refractivity contribution in [2.45, 2.75) is 38.6 Å². The molecule has 0 amide bonds. The van der Waals surface area contributed by atoms with E-state index in [9.17, 15) is 0 Å². The largest absolute Gasteiger partial charge is 0.324 e. The minimum atomic E-state index is 0.133. The number of hydrogen-bond donors (Lipinski definition) is 1. The van der Waals surface area contributed by atoms with E-state index in [0.29, 0.717) is 0 Å². The van der Waals surface area contributed by atoms with Crippen molar-refractivity contribution in [1.29, 1.82) is 0 Å². The molecule has 0 saturated carbocycles. The summed E-state index contributed by atoms with van der Waals surface area (Å²) in [6, 6.07) is 8.79. The monoisotopic (exact) mass is 201 g/mol. The molecule has 0 heterocycles. The quantitative estimate of drug-likeness (QED) is 0.776. The lowest BCUT2D eigenvalue weighted by atomic mass is 9.92. The molecule has 1 aliphatic carbocycles. The van der Waals surface area contributed by atoms with Crippen molar-refractivity contribution in [3.8, 4) is 0 Å². The Balaban J connectivity index is 2.27. The van der Waals surface area contributed by atoms with E-state index in [1.807, 2.05) is 6.92 Å². The maximum atomic E-state index is 5.89. The van der Waals surface area contributed by atoms with Crippen molar-refractivity contribution in [3.63, 3.8) is 0 Å². The molecular formula is C14H19N. The van der Waals surface area contributed by atoms with Gasteiger partial charge >= 0.3 is 0 Å². The first kappa shape index (κ1) is 10.4. The smallest absolute Gasteiger partial charge is 0.0266 e. The average Bonchev–Trinajstić information content (AvgIpc) is 2.30. The third-order valence-electron chi connectivity index (χ3n) is 3.07. The molecule has 1 atom stereocenters. The molecule has 1 heteroatoms. The van der Waals surface area contributed by atoms with Crippen LogP contribution in [0.5, 0.6) is 0 Å². The Morgan fingerprint density at radius 2 is 2.13 bits per heavy atom. The van der Waals surface area contributed by atoms with E-state index < -0.39 is 0 Å². The Morgan fingerprint density at radius 1 is 1.27 bits per heavy atom. The normalized spacial score (nSPS) is 18.4. The number of hydrogen-bond acceptors (Lipinski definition) is 1. The van der Waals surface area contributed by atoms with Crippen molar-refractivity contribution >= 4 is 5.57 Å². The van der Waals surface area contributed by atoms with Gasteiger partial charge in [-0.1, -0.05) is 24.3 Å². The zero-order valence-electron chi connectivity index (χ0n) is 9.37. The van der Waals surface area contributed by atoms with E-state index >= 15 is 0 Å². The number of nitrogens with two attached hydrogens (primary N) is 1. The lowest BCUT2D eigenvalue weighted by molar-refractivity contribution is 0.741. The van der Waals surface area contributed by atoms with Crippen molar-refractivity contribution in [2.75, 3.05) is 0 Å². The minimum Gasteiger partial charge on any atom is -0.324 e. The van der Waals surface area contributed by atoms with Gasteiger partial charge in [-0.3, -0.25) is 0 Å². The van der Waals surface area contributed by atoms with Gasteiger partial charge in [-0.15, -0.1) is 0 Å². The highest BCUT2D eigenvalue weighted by Crippen LogP contribution is 2.27. The van der Waals surface area contributed by atoms with Crippen LogP contribution in [0.3, 0.4) is 0 Å². The first-order valence-corrected chi connectivity index (χ1v) is 5.82. The fourth-order valence-electron chi connectivity index (χ4n) is 2.12. The van der Waals surface area contributed by atoms with Gasteiger partial charge in [-0.2, -0.15) is 0 Å². The average molecular weight is 201 g/mol. The number of rotatable bonds is 2. The van der Waals surface area contributed by atoms with E-state index in [0.717, 1.165) is 0 Å². The van der Waals surface area contributed by atoms with Gasteiger partial charge in [0.05, 0.1) is 0 Å². The molecule has 0 saturated heterocycles. The summed E-state index contributed by atoms with van der Waals surface area (Å²) in [6.45, 7) is 2.04. The molecule has 0 radical (unpaired) electrons. The van der Waals surface area contributed by atoms with Crippen molar-refractivity contribution in [2.24, 2.45) is 5.73 Å². The topological polar surface area (TPSA) is 26.0 Å². The van der Waals surface area contributed by atoms with Crippen LogP contribution in [0.15, 0.2) is 30.3 Å². The predicted octanol–water partition coefficient (Wildman–Crippen LogP) is 3.66. The van der Waals surface area contributed by atoms with Crippen LogP contribution in [0, 0.1) is 0 Å². The highest BCUT2D eigenvalue weighted by atomic mass is 14.6. The Morgan fingerprint density at radius 3 is 2.80 bits per heavy atom. The van der Waals surface area contributed by atoms with Crippen molar-refractivity contribution in [1.82, 2.24) is 0 Å². The van der Waals surface area contributed by atoms with Crippen molar-refractivity contribution < 1.29 is 0 Å². The molecule has 2 N–H and O–H groups in total. The summed E-state index contributed by atoms with van der Waals surface area (Å²) < 4.78 is 0. The second kappa shape index (κ2) is 4.63. The summed E-state index contributed by atoms with van der Waals surface area (Å²) in [5.74, 6) is 0. The molecule has 1 unspecified atom stereocenters. The molecule has 1 aliphatic rings. The molecule has 0 fully saturated rings. The van der Waals surface area contributed by atoms with Crippen molar-refractivity contribution in [3.05, 3.63) is 41.5 Å². The molecule has 0 bridgehead atoms. The van der Waals surface area contributed by atoms with E-state index in [4.69, 9.17) is 5.73 Å². The first-order chi connectivity index (χ1) is 7.27. The molecular weight excluding hydrogens is 182 g/mol. The fraction of sp³-hybridized carbons (Fsp3) is 0.429. The summed E-state index contributed by atoms with van der Waals surface area (Å²) in [7, 11) is 0. The predicted molar refractivity (Wildman–Crippen MR) is 65.5 cm³/mol. The van der Waals surface area contributed by atoms with Gasteiger partial charge in [-0.25, -0.2) is 0 Å². The maximum Gasteiger partial charge on any atom is 0.0266 e. The maximum absolute atomic E-state index is 5.89. The SMILES string of the molecule is CC(N)c1cccc(C2=CCCCC2)c1.